The summed E-state index contributed by atoms with van der Waals surface area (Å²) in [6, 6.07) is 0. The standard InChI is InChI=1S/C33H62/c1-2-3-4-5-6-7-8-9-10-11-12-13-14-15-16-17-18-19-20-21-22-23-24-25-26-27-30-33-31-28-29-32-33/h28,31-32H,2-27,29-30H2,1H3. The van der Waals surface area contributed by atoms with Gasteiger partial charge in [-0.25, -0.2) is 0 Å². The molecular formula is C33H62. The van der Waals surface area contributed by atoms with Gasteiger partial charge in [0.1, 0.15) is 0 Å². The SMILES string of the molecule is CCCCCCCCCCCCCCCCCCCCCCCCCCCCC1=CCC=C1. The molecule has 0 amide bonds. The third-order valence-corrected chi connectivity index (χ3v) is 7.67. The summed E-state index contributed by atoms with van der Waals surface area (Å²) in [5.41, 5.74) is 1.58. The van der Waals surface area contributed by atoms with Crippen molar-refractivity contribution in [3.05, 3.63) is 23.8 Å². The van der Waals surface area contributed by atoms with Crippen LogP contribution >= 0.6 is 0 Å². The van der Waals surface area contributed by atoms with E-state index in [2.05, 4.69) is 25.2 Å². The van der Waals surface area contributed by atoms with Gasteiger partial charge < -0.3 is 0 Å². The topological polar surface area (TPSA) is 0 Å². The molecule has 0 radical (unpaired) electrons. The minimum Gasteiger partial charge on any atom is -0.0805 e. The Kier molecular flexibility index (Phi) is 24.1. The van der Waals surface area contributed by atoms with Crippen molar-refractivity contribution in [2.45, 2.75) is 187 Å². The molecule has 0 bridgehead atoms. The molecule has 0 aliphatic heterocycles. The summed E-state index contributed by atoms with van der Waals surface area (Å²) in [5, 5.41) is 0. The van der Waals surface area contributed by atoms with Gasteiger partial charge in [0.05, 0.1) is 0 Å². The van der Waals surface area contributed by atoms with Gasteiger partial charge in [0.15, 0.2) is 0 Å². The maximum Gasteiger partial charge on any atom is -0.0160 e. The molecule has 0 spiro atoms. The second-order valence-corrected chi connectivity index (χ2v) is 11.0. The van der Waals surface area contributed by atoms with E-state index in [-0.39, 0.29) is 0 Å². The molecule has 1 rings (SSSR count). The molecule has 0 heterocycles. The van der Waals surface area contributed by atoms with E-state index >= 15 is 0 Å². The lowest BCUT2D eigenvalue weighted by atomic mass is 10.0. The second-order valence-electron chi connectivity index (χ2n) is 11.0. The molecule has 0 aromatic rings. The molecule has 1 aliphatic rings. The molecule has 0 nitrogen and oxygen atoms in total. The Labute approximate surface area is 210 Å². The van der Waals surface area contributed by atoms with Crippen LogP contribution < -0.4 is 0 Å². The van der Waals surface area contributed by atoms with Crippen molar-refractivity contribution in [3.63, 3.8) is 0 Å². The van der Waals surface area contributed by atoms with Gasteiger partial charge in [-0.05, 0) is 19.3 Å². The maximum absolute atomic E-state index is 2.39. The Bertz CT molecular complexity index is 429. The van der Waals surface area contributed by atoms with Crippen molar-refractivity contribution in [3.8, 4) is 0 Å². The van der Waals surface area contributed by atoms with Crippen molar-refractivity contribution in [1.82, 2.24) is 0 Å². The van der Waals surface area contributed by atoms with Gasteiger partial charge in [0, 0.05) is 0 Å². The summed E-state index contributed by atoms with van der Waals surface area (Å²) in [6.07, 6.45) is 47.8. The molecule has 33 heavy (non-hydrogen) atoms. The Balaban J connectivity index is 1.61. The molecule has 0 aromatic carbocycles. The van der Waals surface area contributed by atoms with Crippen LogP contribution in [-0.4, -0.2) is 0 Å². The highest BCUT2D eigenvalue weighted by Gasteiger charge is 1.98. The lowest BCUT2D eigenvalue weighted by Crippen LogP contribution is -1.85. The van der Waals surface area contributed by atoms with Crippen LogP contribution in [0.2, 0.25) is 0 Å². The molecule has 194 valence electrons. The van der Waals surface area contributed by atoms with Crippen LogP contribution in [0.3, 0.4) is 0 Å². The fraction of sp³-hybridized carbons (Fsp3) is 0.879. The number of rotatable bonds is 27. The third kappa shape index (κ3) is 23.0. The summed E-state index contributed by atoms with van der Waals surface area (Å²) in [5.74, 6) is 0. The minimum absolute atomic E-state index is 1.18. The largest absolute Gasteiger partial charge is 0.0805 e. The van der Waals surface area contributed by atoms with Gasteiger partial charge in [-0.15, -0.1) is 0 Å². The highest BCUT2D eigenvalue weighted by molar-refractivity contribution is 5.25. The Morgan fingerprint density at radius 2 is 0.727 bits per heavy atom. The first kappa shape index (κ1) is 30.5. The van der Waals surface area contributed by atoms with Crippen molar-refractivity contribution in [2.24, 2.45) is 0 Å². The minimum atomic E-state index is 1.18. The number of hydrogen-bond acceptors (Lipinski definition) is 0. The fourth-order valence-electron chi connectivity index (χ4n) is 5.34. The lowest BCUT2D eigenvalue weighted by Gasteiger charge is -2.04. The summed E-state index contributed by atoms with van der Waals surface area (Å²) in [4.78, 5) is 0. The average Bonchev–Trinajstić information content (AvgIpc) is 3.35. The zero-order valence-corrected chi connectivity index (χ0v) is 23.0. The summed E-state index contributed by atoms with van der Waals surface area (Å²) in [7, 11) is 0. The predicted octanol–water partition coefficient (Wildman–Crippen LogP) is 12.4. The van der Waals surface area contributed by atoms with E-state index in [9.17, 15) is 0 Å². The Hall–Kier alpha value is -0.520. The zero-order chi connectivity index (χ0) is 23.5. The van der Waals surface area contributed by atoms with Crippen LogP contribution in [0.25, 0.3) is 0 Å². The number of hydrogen-bond donors (Lipinski definition) is 0. The third-order valence-electron chi connectivity index (χ3n) is 7.67. The van der Waals surface area contributed by atoms with E-state index in [0.29, 0.717) is 0 Å². The highest BCUT2D eigenvalue weighted by atomic mass is 14.0. The fourth-order valence-corrected chi connectivity index (χ4v) is 5.34. The van der Waals surface area contributed by atoms with E-state index < -0.39 is 0 Å². The summed E-state index contributed by atoms with van der Waals surface area (Å²) >= 11 is 0. The molecule has 0 unspecified atom stereocenters. The molecule has 0 saturated carbocycles. The van der Waals surface area contributed by atoms with Gasteiger partial charge in [-0.3, -0.25) is 0 Å². The molecule has 0 fully saturated rings. The molecule has 1 aliphatic carbocycles. The van der Waals surface area contributed by atoms with Crippen LogP contribution in [-0.2, 0) is 0 Å². The van der Waals surface area contributed by atoms with Crippen molar-refractivity contribution in [2.75, 3.05) is 0 Å². The molecule has 0 atom stereocenters. The Morgan fingerprint density at radius 1 is 0.424 bits per heavy atom. The van der Waals surface area contributed by atoms with E-state index in [4.69, 9.17) is 0 Å². The number of allylic oxidation sites excluding steroid dienone is 4. The molecule has 0 saturated heterocycles. The highest BCUT2D eigenvalue weighted by Crippen LogP contribution is 2.18. The molecule has 0 aromatic heterocycles. The normalized spacial score (nSPS) is 13.2. The average molecular weight is 459 g/mol. The summed E-state index contributed by atoms with van der Waals surface area (Å²) in [6.45, 7) is 2.31. The van der Waals surface area contributed by atoms with Crippen LogP contribution in [0.5, 0.6) is 0 Å². The van der Waals surface area contributed by atoms with Crippen molar-refractivity contribution in [1.29, 1.82) is 0 Å². The van der Waals surface area contributed by atoms with Crippen LogP contribution in [0.1, 0.15) is 187 Å². The number of unbranched alkanes of at least 4 members (excludes halogenated alkanes) is 25. The Morgan fingerprint density at radius 3 is 1.00 bits per heavy atom. The first-order valence-electron chi connectivity index (χ1n) is 15.8. The van der Waals surface area contributed by atoms with Gasteiger partial charge in [-0.2, -0.15) is 0 Å². The predicted molar refractivity (Wildman–Crippen MR) is 152 cm³/mol. The van der Waals surface area contributed by atoms with Gasteiger partial charge in [0.2, 0.25) is 0 Å². The van der Waals surface area contributed by atoms with Gasteiger partial charge in [0.25, 0.3) is 0 Å². The first-order chi connectivity index (χ1) is 16.4. The van der Waals surface area contributed by atoms with E-state index in [1.165, 1.54) is 180 Å². The zero-order valence-electron chi connectivity index (χ0n) is 23.0. The molecule has 0 N–H and O–H groups in total. The van der Waals surface area contributed by atoms with Crippen LogP contribution in [0.4, 0.5) is 0 Å². The molecular weight excluding hydrogens is 396 g/mol. The van der Waals surface area contributed by atoms with E-state index in [1.807, 2.05) is 0 Å². The maximum atomic E-state index is 2.39. The lowest BCUT2D eigenvalue weighted by molar-refractivity contribution is 0.515. The molecule has 0 heteroatoms. The summed E-state index contributed by atoms with van der Waals surface area (Å²) < 4.78 is 0. The van der Waals surface area contributed by atoms with Crippen molar-refractivity contribution >= 4 is 0 Å². The van der Waals surface area contributed by atoms with E-state index in [0.717, 1.165) is 0 Å². The van der Waals surface area contributed by atoms with Gasteiger partial charge >= 0.3 is 0 Å². The smallest absolute Gasteiger partial charge is 0.0160 e. The first-order valence-corrected chi connectivity index (χ1v) is 15.8. The monoisotopic (exact) mass is 458 g/mol. The van der Waals surface area contributed by atoms with E-state index in [1.54, 1.807) is 5.57 Å². The van der Waals surface area contributed by atoms with Crippen LogP contribution in [0, 0.1) is 0 Å². The van der Waals surface area contributed by atoms with Crippen LogP contribution in [0.15, 0.2) is 23.8 Å². The van der Waals surface area contributed by atoms with Crippen molar-refractivity contribution < 1.29 is 0 Å². The quantitative estimate of drug-likeness (QED) is 0.107. The second kappa shape index (κ2) is 26.1. The van der Waals surface area contributed by atoms with Gasteiger partial charge in [-0.1, -0.05) is 191 Å².